The van der Waals surface area contributed by atoms with Gasteiger partial charge in [-0.05, 0) is 48.6 Å². The van der Waals surface area contributed by atoms with Crippen LogP contribution in [0.4, 0.5) is 5.95 Å². The second-order valence-electron chi connectivity index (χ2n) is 7.35. The van der Waals surface area contributed by atoms with Crippen molar-refractivity contribution < 1.29 is 9.47 Å². The maximum Gasteiger partial charge on any atom is 0.222 e. The van der Waals surface area contributed by atoms with E-state index in [0.717, 1.165) is 53.2 Å². The van der Waals surface area contributed by atoms with Gasteiger partial charge in [-0.3, -0.25) is 0 Å². The Bertz CT molecular complexity index is 1150. The van der Waals surface area contributed by atoms with Gasteiger partial charge < -0.3 is 19.8 Å². The summed E-state index contributed by atoms with van der Waals surface area (Å²) in [4.78, 5) is 8.96. The Morgan fingerprint density at radius 3 is 2.27 bits per heavy atom. The first-order chi connectivity index (χ1) is 14.6. The molecular formula is C24H26N4O2. The average Bonchev–Trinajstić information content (AvgIpc) is 3.10. The number of ether oxygens (including phenoxy) is 2. The lowest BCUT2D eigenvalue weighted by molar-refractivity contribution is 0.393. The molecule has 6 nitrogen and oxygen atoms in total. The summed E-state index contributed by atoms with van der Waals surface area (Å²) in [5.41, 5.74) is 11.3. The molecule has 0 aliphatic carbocycles. The van der Waals surface area contributed by atoms with Crippen LogP contribution in [0.1, 0.15) is 22.4 Å². The molecule has 0 radical (unpaired) electrons. The van der Waals surface area contributed by atoms with Gasteiger partial charge in [0.15, 0.2) is 0 Å². The third-order valence-electron chi connectivity index (χ3n) is 5.28. The molecule has 0 fully saturated rings. The number of nitrogens with zero attached hydrogens (tertiary/aromatic N) is 3. The Morgan fingerprint density at radius 1 is 0.900 bits per heavy atom. The van der Waals surface area contributed by atoms with Crippen molar-refractivity contribution in [1.82, 2.24) is 14.5 Å². The minimum absolute atomic E-state index is 0.302. The summed E-state index contributed by atoms with van der Waals surface area (Å²) in [5, 5.41) is 1.08. The number of benzene rings is 2. The molecule has 6 heteroatoms. The van der Waals surface area contributed by atoms with Crippen molar-refractivity contribution in [3.8, 4) is 11.5 Å². The Balaban J connectivity index is 1.69. The summed E-state index contributed by atoms with van der Waals surface area (Å²) < 4.78 is 13.0. The van der Waals surface area contributed by atoms with Crippen molar-refractivity contribution in [2.45, 2.75) is 26.3 Å². The molecule has 30 heavy (non-hydrogen) atoms. The summed E-state index contributed by atoms with van der Waals surface area (Å²) in [6.07, 6.45) is 3.88. The van der Waals surface area contributed by atoms with E-state index in [1.165, 1.54) is 11.1 Å². The van der Waals surface area contributed by atoms with Crippen LogP contribution in [-0.4, -0.2) is 28.8 Å². The molecule has 2 N–H and O–H groups in total. The molecule has 4 aromatic rings. The Morgan fingerprint density at radius 2 is 1.60 bits per heavy atom. The van der Waals surface area contributed by atoms with Crippen LogP contribution < -0.4 is 15.2 Å². The highest BCUT2D eigenvalue weighted by Crippen LogP contribution is 2.27. The molecule has 0 saturated carbocycles. The van der Waals surface area contributed by atoms with E-state index in [1.54, 1.807) is 14.2 Å². The van der Waals surface area contributed by atoms with E-state index in [4.69, 9.17) is 15.2 Å². The number of hydrogen-bond acceptors (Lipinski definition) is 5. The minimum Gasteiger partial charge on any atom is -0.497 e. The molecule has 0 amide bonds. The normalized spacial score (nSPS) is 11.0. The standard InChI is InChI=1S/C24H26N4O2/c1-16-22-19(10-9-18-11-20(29-2)13-21(12-18)30-3)15-28(23(22)27-24(25)26-16)14-17-7-5-4-6-8-17/h4-8,11-13,15H,9-10,14H2,1-3H3,(H2,25,26,27). The molecule has 0 bridgehead atoms. The fourth-order valence-corrected chi connectivity index (χ4v) is 3.86. The van der Waals surface area contributed by atoms with Crippen LogP contribution in [0, 0.1) is 6.92 Å². The van der Waals surface area contributed by atoms with Gasteiger partial charge in [-0.1, -0.05) is 30.3 Å². The number of aromatic nitrogens is 3. The zero-order chi connectivity index (χ0) is 21.1. The first-order valence-corrected chi connectivity index (χ1v) is 9.95. The van der Waals surface area contributed by atoms with Crippen molar-refractivity contribution in [3.05, 3.63) is 77.1 Å². The second kappa shape index (κ2) is 8.45. The number of fused-ring (bicyclic) bond motifs is 1. The van der Waals surface area contributed by atoms with Crippen LogP contribution in [0.2, 0.25) is 0 Å². The van der Waals surface area contributed by atoms with Gasteiger partial charge in [-0.2, -0.15) is 4.98 Å². The number of nitrogens with two attached hydrogens (primary N) is 1. The summed E-state index contributed by atoms with van der Waals surface area (Å²) in [7, 11) is 3.34. The smallest absolute Gasteiger partial charge is 0.222 e. The number of nitrogen functional groups attached to an aromatic ring is 1. The predicted molar refractivity (Wildman–Crippen MR) is 119 cm³/mol. The van der Waals surface area contributed by atoms with Gasteiger partial charge in [0.25, 0.3) is 0 Å². The number of hydrogen-bond donors (Lipinski definition) is 1. The molecule has 4 rings (SSSR count). The third-order valence-corrected chi connectivity index (χ3v) is 5.28. The minimum atomic E-state index is 0.302. The quantitative estimate of drug-likeness (QED) is 0.502. The van der Waals surface area contributed by atoms with Gasteiger partial charge in [0.05, 0.1) is 19.9 Å². The first-order valence-electron chi connectivity index (χ1n) is 9.95. The topological polar surface area (TPSA) is 75.2 Å². The Kier molecular flexibility index (Phi) is 5.57. The van der Waals surface area contributed by atoms with E-state index in [1.807, 2.05) is 43.3 Å². The van der Waals surface area contributed by atoms with E-state index in [9.17, 15) is 0 Å². The predicted octanol–water partition coefficient (Wildman–Crippen LogP) is 4.17. The van der Waals surface area contributed by atoms with Crippen molar-refractivity contribution in [1.29, 1.82) is 0 Å². The lowest BCUT2D eigenvalue weighted by Gasteiger charge is -2.08. The second-order valence-corrected chi connectivity index (χ2v) is 7.35. The molecule has 0 spiro atoms. The molecule has 2 heterocycles. The monoisotopic (exact) mass is 402 g/mol. The molecule has 0 saturated heterocycles. The van der Waals surface area contributed by atoms with E-state index in [2.05, 4.69) is 32.9 Å². The highest BCUT2D eigenvalue weighted by molar-refractivity contribution is 5.84. The Labute approximate surface area is 176 Å². The van der Waals surface area contributed by atoms with Crippen LogP contribution in [0.5, 0.6) is 11.5 Å². The molecule has 0 unspecified atom stereocenters. The molecular weight excluding hydrogens is 376 g/mol. The van der Waals surface area contributed by atoms with E-state index >= 15 is 0 Å². The highest BCUT2D eigenvalue weighted by Gasteiger charge is 2.15. The SMILES string of the molecule is COc1cc(CCc2cn(Cc3ccccc3)c3nc(N)nc(C)c23)cc(OC)c1. The van der Waals surface area contributed by atoms with Gasteiger partial charge in [-0.15, -0.1) is 0 Å². The molecule has 0 atom stereocenters. The average molecular weight is 402 g/mol. The lowest BCUT2D eigenvalue weighted by Crippen LogP contribution is -2.03. The van der Waals surface area contributed by atoms with Gasteiger partial charge in [0.2, 0.25) is 5.95 Å². The Hall–Kier alpha value is -3.54. The van der Waals surface area contributed by atoms with Crippen LogP contribution in [0.25, 0.3) is 11.0 Å². The van der Waals surface area contributed by atoms with Crippen LogP contribution in [-0.2, 0) is 19.4 Å². The van der Waals surface area contributed by atoms with Gasteiger partial charge in [0, 0.05) is 24.2 Å². The number of aryl methyl sites for hydroxylation is 3. The van der Waals surface area contributed by atoms with E-state index in [-0.39, 0.29) is 0 Å². The van der Waals surface area contributed by atoms with E-state index in [0.29, 0.717) is 5.95 Å². The fraction of sp³-hybridized carbons (Fsp3) is 0.250. The third kappa shape index (κ3) is 4.08. The number of anilines is 1. The zero-order valence-electron chi connectivity index (χ0n) is 17.6. The van der Waals surface area contributed by atoms with Crippen LogP contribution >= 0.6 is 0 Å². The van der Waals surface area contributed by atoms with Crippen LogP contribution in [0.15, 0.2) is 54.7 Å². The van der Waals surface area contributed by atoms with Crippen molar-refractivity contribution in [3.63, 3.8) is 0 Å². The lowest BCUT2D eigenvalue weighted by atomic mass is 10.0. The summed E-state index contributed by atoms with van der Waals surface area (Å²) >= 11 is 0. The fourth-order valence-electron chi connectivity index (χ4n) is 3.86. The zero-order valence-corrected chi connectivity index (χ0v) is 17.6. The van der Waals surface area contributed by atoms with Crippen molar-refractivity contribution in [2.75, 3.05) is 20.0 Å². The van der Waals surface area contributed by atoms with Crippen molar-refractivity contribution in [2.24, 2.45) is 0 Å². The number of methoxy groups -OCH3 is 2. The summed E-state index contributed by atoms with van der Waals surface area (Å²) in [6, 6.07) is 16.3. The maximum atomic E-state index is 5.96. The molecule has 2 aromatic heterocycles. The maximum absolute atomic E-state index is 5.96. The molecule has 154 valence electrons. The van der Waals surface area contributed by atoms with Gasteiger partial charge in [0.1, 0.15) is 17.1 Å². The van der Waals surface area contributed by atoms with Crippen LogP contribution in [0.3, 0.4) is 0 Å². The van der Waals surface area contributed by atoms with Gasteiger partial charge >= 0.3 is 0 Å². The highest BCUT2D eigenvalue weighted by atomic mass is 16.5. The molecule has 0 aliphatic heterocycles. The van der Waals surface area contributed by atoms with Crippen molar-refractivity contribution >= 4 is 17.0 Å². The number of rotatable bonds is 7. The van der Waals surface area contributed by atoms with E-state index < -0.39 is 0 Å². The molecule has 0 aliphatic rings. The summed E-state index contributed by atoms with van der Waals surface area (Å²) in [6.45, 7) is 2.73. The molecule has 2 aromatic carbocycles. The largest absolute Gasteiger partial charge is 0.497 e. The van der Waals surface area contributed by atoms with Gasteiger partial charge in [-0.25, -0.2) is 4.98 Å². The first kappa shape index (κ1) is 19.8. The summed E-state index contributed by atoms with van der Waals surface area (Å²) in [5.74, 6) is 1.89.